The van der Waals surface area contributed by atoms with E-state index in [1.165, 1.54) is 11.9 Å². The van der Waals surface area contributed by atoms with Crippen LogP contribution in [-0.4, -0.2) is 12.6 Å². The number of hydrogen-bond acceptors (Lipinski definition) is 2. The minimum atomic E-state index is -0.270. The van der Waals surface area contributed by atoms with Gasteiger partial charge in [0.05, 0.1) is 6.42 Å². The van der Waals surface area contributed by atoms with Gasteiger partial charge in [0.2, 0.25) is 0 Å². The highest BCUT2D eigenvalue weighted by Crippen LogP contribution is 2.19. The standard InChI is InChI=1S/C15H24O3/c1-13(8-10-15(3,4)12-16)6-5-7-14(2)9-11-18-17/h7-8,11-12H,5-6,9-10H2,1-4H3/b13-8+,14-7+. The summed E-state index contributed by atoms with van der Waals surface area (Å²) in [5, 5.41) is 9.80. The van der Waals surface area contributed by atoms with Crippen LogP contribution in [0.2, 0.25) is 0 Å². The number of aldehydes is 2. The summed E-state index contributed by atoms with van der Waals surface area (Å²) < 4.78 is 3.67. The Morgan fingerprint density at radius 2 is 1.89 bits per heavy atom. The average Bonchev–Trinajstić information content (AvgIpc) is 2.34. The van der Waals surface area contributed by atoms with E-state index >= 15 is 0 Å². The summed E-state index contributed by atoms with van der Waals surface area (Å²) >= 11 is 0. The molecule has 0 aromatic rings. The van der Waals surface area contributed by atoms with Gasteiger partial charge in [0, 0.05) is 5.41 Å². The van der Waals surface area contributed by atoms with E-state index in [0.717, 1.165) is 31.1 Å². The van der Waals surface area contributed by atoms with E-state index in [9.17, 15) is 10.1 Å². The Bertz CT molecular complexity index is 336. The molecule has 0 bridgehead atoms. The molecule has 0 aliphatic carbocycles. The Kier molecular flexibility index (Phi) is 8.01. The molecule has 0 fully saturated rings. The van der Waals surface area contributed by atoms with Gasteiger partial charge in [0.1, 0.15) is 6.29 Å². The van der Waals surface area contributed by atoms with Gasteiger partial charge in [0.15, 0.2) is 0 Å². The Hall–Kier alpha value is -1.38. The van der Waals surface area contributed by atoms with Crippen molar-refractivity contribution in [1.82, 2.24) is 0 Å². The van der Waals surface area contributed by atoms with E-state index in [0.29, 0.717) is 6.42 Å². The van der Waals surface area contributed by atoms with Gasteiger partial charge in [0.25, 0.3) is 0 Å². The summed E-state index contributed by atoms with van der Waals surface area (Å²) in [6.07, 6.45) is 9.77. The number of hydrogen-bond donors (Lipinski definition) is 0. The van der Waals surface area contributed by atoms with Crippen molar-refractivity contribution >= 4 is 12.6 Å². The molecular weight excluding hydrogens is 228 g/mol. The van der Waals surface area contributed by atoms with E-state index < -0.39 is 0 Å². The molecule has 0 aliphatic heterocycles. The topological polar surface area (TPSA) is 51.4 Å². The summed E-state index contributed by atoms with van der Waals surface area (Å²) in [4.78, 5) is 10.8. The lowest BCUT2D eigenvalue weighted by Crippen LogP contribution is -2.11. The van der Waals surface area contributed by atoms with Gasteiger partial charge in [-0.05, 0) is 33.1 Å². The smallest absolute Gasteiger partial charge is 0.322 e. The van der Waals surface area contributed by atoms with Gasteiger partial charge < -0.3 is 10.1 Å². The highest BCUT2D eigenvalue weighted by Gasteiger charge is 2.13. The molecule has 3 heteroatoms. The lowest BCUT2D eigenvalue weighted by atomic mass is 9.90. The molecular formula is C15H24O3. The van der Waals surface area contributed by atoms with Crippen molar-refractivity contribution in [2.75, 3.05) is 0 Å². The molecule has 0 aromatic heterocycles. The van der Waals surface area contributed by atoms with Gasteiger partial charge in [-0.15, -0.1) is 0 Å². The van der Waals surface area contributed by atoms with E-state index in [1.807, 2.05) is 20.8 Å². The third kappa shape index (κ3) is 8.74. The SMILES string of the molecule is C/C(=C\CC/C(C)=C/CC(C)(C)C=O)CC=[O+][O-]. The molecule has 0 heterocycles. The highest BCUT2D eigenvalue weighted by molar-refractivity contribution is 5.58. The van der Waals surface area contributed by atoms with Crippen LogP contribution >= 0.6 is 0 Å². The Morgan fingerprint density at radius 1 is 1.22 bits per heavy atom. The fourth-order valence-electron chi connectivity index (χ4n) is 1.38. The molecule has 0 spiro atoms. The second-order valence-electron chi connectivity index (χ2n) is 5.42. The maximum Gasteiger partial charge on any atom is 0.322 e. The van der Waals surface area contributed by atoms with Crippen molar-refractivity contribution in [3.63, 3.8) is 0 Å². The van der Waals surface area contributed by atoms with Crippen molar-refractivity contribution in [1.29, 1.82) is 0 Å². The third-order valence-electron chi connectivity index (χ3n) is 2.80. The predicted octanol–water partition coefficient (Wildman–Crippen LogP) is 2.67. The second kappa shape index (κ2) is 8.67. The van der Waals surface area contributed by atoms with Crippen molar-refractivity contribution in [3.8, 4) is 0 Å². The van der Waals surface area contributed by atoms with Gasteiger partial charge >= 0.3 is 6.29 Å². The molecule has 0 saturated carbocycles. The summed E-state index contributed by atoms with van der Waals surface area (Å²) in [7, 11) is 0. The molecule has 3 nitrogen and oxygen atoms in total. The minimum absolute atomic E-state index is 0.270. The normalized spacial score (nSPS) is 14.2. The Morgan fingerprint density at radius 3 is 2.44 bits per heavy atom. The van der Waals surface area contributed by atoms with Crippen LogP contribution in [0.15, 0.2) is 23.3 Å². The molecule has 18 heavy (non-hydrogen) atoms. The zero-order valence-electron chi connectivity index (χ0n) is 11.9. The van der Waals surface area contributed by atoms with Crippen LogP contribution in [0.1, 0.15) is 53.4 Å². The first-order valence-electron chi connectivity index (χ1n) is 6.29. The van der Waals surface area contributed by atoms with Crippen molar-refractivity contribution in [2.24, 2.45) is 5.41 Å². The van der Waals surface area contributed by atoms with Crippen LogP contribution < -0.4 is 5.26 Å². The zero-order valence-corrected chi connectivity index (χ0v) is 11.9. The van der Waals surface area contributed by atoms with Gasteiger partial charge in [-0.3, -0.25) is 0 Å². The largest absolute Gasteiger partial charge is 0.463 e. The lowest BCUT2D eigenvalue weighted by molar-refractivity contribution is -1.04. The van der Waals surface area contributed by atoms with E-state index in [4.69, 9.17) is 0 Å². The second-order valence-corrected chi connectivity index (χ2v) is 5.42. The summed E-state index contributed by atoms with van der Waals surface area (Å²) in [5.41, 5.74) is 2.15. The number of carbonyl (C=O) groups excluding carboxylic acids is 2. The van der Waals surface area contributed by atoms with Crippen LogP contribution in [0.3, 0.4) is 0 Å². The molecule has 0 radical (unpaired) electrons. The Balaban J connectivity index is 4.06. The van der Waals surface area contributed by atoms with Crippen molar-refractivity contribution < 1.29 is 14.6 Å². The fourth-order valence-corrected chi connectivity index (χ4v) is 1.38. The summed E-state index contributed by atoms with van der Waals surface area (Å²) in [6, 6.07) is 0. The van der Waals surface area contributed by atoms with Crippen molar-refractivity contribution in [3.05, 3.63) is 23.3 Å². The molecule has 0 saturated heterocycles. The van der Waals surface area contributed by atoms with E-state index in [-0.39, 0.29) is 5.41 Å². The first-order valence-corrected chi connectivity index (χ1v) is 6.29. The molecule has 102 valence electrons. The minimum Gasteiger partial charge on any atom is -0.463 e. The van der Waals surface area contributed by atoms with E-state index in [2.05, 4.69) is 23.7 Å². The highest BCUT2D eigenvalue weighted by atomic mass is 17.1. The molecule has 0 aliphatic rings. The lowest BCUT2D eigenvalue weighted by Gasteiger charge is -2.13. The van der Waals surface area contributed by atoms with Crippen LogP contribution in [-0.2, 0) is 9.37 Å². The summed E-state index contributed by atoms with van der Waals surface area (Å²) in [5.74, 6) is 0. The molecule has 0 rings (SSSR count). The number of allylic oxidation sites excluding steroid dienone is 4. The number of carbonyl (C=O) groups is 1. The quantitative estimate of drug-likeness (QED) is 0.219. The molecule has 0 amide bonds. The first-order chi connectivity index (χ1) is 8.41. The van der Waals surface area contributed by atoms with E-state index in [1.54, 1.807) is 0 Å². The molecule has 0 aromatic carbocycles. The van der Waals surface area contributed by atoms with Crippen LogP contribution in [0.25, 0.3) is 0 Å². The maximum atomic E-state index is 10.8. The van der Waals surface area contributed by atoms with Gasteiger partial charge in [-0.2, -0.15) is 4.58 Å². The van der Waals surface area contributed by atoms with Gasteiger partial charge in [-0.25, -0.2) is 0 Å². The average molecular weight is 252 g/mol. The van der Waals surface area contributed by atoms with Crippen LogP contribution in [0.5, 0.6) is 0 Å². The first kappa shape index (κ1) is 16.6. The molecule has 0 unspecified atom stereocenters. The fraction of sp³-hybridized carbons (Fsp3) is 0.600. The van der Waals surface area contributed by atoms with Crippen molar-refractivity contribution in [2.45, 2.75) is 53.4 Å². The predicted molar refractivity (Wildman–Crippen MR) is 71.9 cm³/mol. The molecule has 0 atom stereocenters. The zero-order chi connectivity index (χ0) is 14.0. The van der Waals surface area contributed by atoms with Gasteiger partial charge in [-0.1, -0.05) is 37.1 Å². The third-order valence-corrected chi connectivity index (χ3v) is 2.80. The van der Waals surface area contributed by atoms with Crippen LogP contribution in [0.4, 0.5) is 0 Å². The number of rotatable bonds is 8. The monoisotopic (exact) mass is 252 g/mol. The van der Waals surface area contributed by atoms with Crippen LogP contribution in [0, 0.1) is 5.41 Å². The molecule has 0 N–H and O–H groups in total. The summed E-state index contributed by atoms with van der Waals surface area (Å²) in [6.45, 7) is 7.93. The maximum absolute atomic E-state index is 10.8. The Labute approximate surface area is 110 Å².